The van der Waals surface area contributed by atoms with Crippen LogP contribution >= 0.6 is 0 Å². The van der Waals surface area contributed by atoms with Crippen molar-refractivity contribution >= 4 is 11.9 Å². The molecule has 0 radical (unpaired) electrons. The molecule has 2 aliphatic carbocycles. The van der Waals surface area contributed by atoms with E-state index >= 15 is 0 Å². The second-order valence-corrected chi connectivity index (χ2v) is 11.6. The summed E-state index contributed by atoms with van der Waals surface area (Å²) in [6, 6.07) is 6.44. The van der Waals surface area contributed by atoms with Gasteiger partial charge in [0, 0.05) is 6.61 Å². The zero-order valence-corrected chi connectivity index (χ0v) is 24.8. The Hall–Kier alpha value is -1.93. The van der Waals surface area contributed by atoms with Gasteiger partial charge in [-0.1, -0.05) is 65.8 Å². The number of benzene rings is 1. The van der Waals surface area contributed by atoms with E-state index in [-0.39, 0.29) is 24.2 Å². The van der Waals surface area contributed by atoms with Crippen molar-refractivity contribution in [2.45, 2.75) is 98.8 Å². The van der Waals surface area contributed by atoms with Crippen molar-refractivity contribution in [1.82, 2.24) is 0 Å². The molecule has 222 valence electrons. The maximum atomic E-state index is 13.4. The van der Waals surface area contributed by atoms with Crippen molar-refractivity contribution < 1.29 is 37.0 Å². The average molecular weight is 557 g/mol. The smallest absolute Gasteiger partial charge is 0.393 e. The topological polar surface area (TPSA) is 61.8 Å². The van der Waals surface area contributed by atoms with Crippen LogP contribution in [0.2, 0.25) is 0 Å². The van der Waals surface area contributed by atoms with Gasteiger partial charge in [0.1, 0.15) is 6.79 Å². The van der Waals surface area contributed by atoms with Gasteiger partial charge >= 0.3 is 18.1 Å². The van der Waals surface area contributed by atoms with Crippen molar-refractivity contribution in [2.24, 2.45) is 35.5 Å². The molecule has 8 atom stereocenters. The number of cyclic esters (lactones) is 2. The lowest BCUT2D eigenvalue weighted by Crippen LogP contribution is -2.42. The number of halogens is 3. The van der Waals surface area contributed by atoms with E-state index in [9.17, 15) is 22.8 Å². The second-order valence-electron chi connectivity index (χ2n) is 11.6. The monoisotopic (exact) mass is 556 g/mol. The van der Waals surface area contributed by atoms with Crippen LogP contribution in [-0.4, -0.2) is 31.5 Å². The first-order valence-corrected chi connectivity index (χ1v) is 14.3. The molecule has 1 heterocycles. The Balaban J connectivity index is 0.000000240. The van der Waals surface area contributed by atoms with E-state index in [1.165, 1.54) is 25.0 Å². The van der Waals surface area contributed by atoms with Crippen LogP contribution in [0, 0.1) is 35.5 Å². The maximum Gasteiger partial charge on any atom is 0.421 e. The lowest BCUT2D eigenvalue weighted by atomic mass is 9.82. The van der Waals surface area contributed by atoms with Crippen LogP contribution in [0.4, 0.5) is 13.2 Å². The molecule has 2 saturated carbocycles. The molecule has 3 fully saturated rings. The zero-order valence-electron chi connectivity index (χ0n) is 24.8. The molecule has 0 N–H and O–H groups in total. The van der Waals surface area contributed by atoms with Crippen LogP contribution < -0.4 is 0 Å². The molecule has 0 aromatic heterocycles. The van der Waals surface area contributed by atoms with Gasteiger partial charge < -0.3 is 14.2 Å². The first kappa shape index (κ1) is 33.3. The van der Waals surface area contributed by atoms with Gasteiger partial charge in [0.25, 0.3) is 0 Å². The van der Waals surface area contributed by atoms with Crippen molar-refractivity contribution in [2.75, 3.05) is 13.4 Å². The van der Waals surface area contributed by atoms with Gasteiger partial charge in [-0.05, 0) is 80.2 Å². The third-order valence-corrected chi connectivity index (χ3v) is 9.34. The quantitative estimate of drug-likeness (QED) is 0.147. The summed E-state index contributed by atoms with van der Waals surface area (Å²) in [6.45, 7) is 15.0. The minimum atomic E-state index is -4.51. The molecule has 2 bridgehead atoms. The zero-order chi connectivity index (χ0) is 29.5. The predicted molar refractivity (Wildman–Crippen MR) is 145 cm³/mol. The standard InChI is InChI=1S/C16H23F3O2.C9H16.C6H8O3/c1-5-12(3)13-7-9-14(10-8-13)15(4,16(17,18)19)21-11-20-6-2;1-6-7(2)9-4-3-8(6)5-9;1-3-4(2)6(8)9-5(3)7/h7-10,12H,5-6,11H2,1-4H3;6-9H,3-5H2,1-2H3;3-4H,1-2H3. The molecule has 4 rings (SSSR count). The molecule has 0 amide bonds. The third-order valence-electron chi connectivity index (χ3n) is 9.34. The van der Waals surface area contributed by atoms with E-state index in [4.69, 9.17) is 9.47 Å². The number of carbonyl (C=O) groups is 2. The minimum Gasteiger partial charge on any atom is -0.393 e. The van der Waals surface area contributed by atoms with Gasteiger partial charge in [0.05, 0.1) is 11.8 Å². The first-order chi connectivity index (χ1) is 18.2. The molecule has 1 aromatic rings. The van der Waals surface area contributed by atoms with E-state index < -0.39 is 23.7 Å². The summed E-state index contributed by atoms with van der Waals surface area (Å²) < 4.78 is 54.3. The molecule has 1 aromatic carbocycles. The van der Waals surface area contributed by atoms with Crippen molar-refractivity contribution in [1.29, 1.82) is 0 Å². The summed E-state index contributed by atoms with van der Waals surface area (Å²) in [5.74, 6) is 3.35. The van der Waals surface area contributed by atoms with E-state index in [0.29, 0.717) is 12.5 Å². The molecule has 39 heavy (non-hydrogen) atoms. The van der Waals surface area contributed by atoms with E-state index in [0.717, 1.165) is 42.6 Å². The molecule has 1 aliphatic heterocycles. The van der Waals surface area contributed by atoms with E-state index in [1.54, 1.807) is 39.3 Å². The summed E-state index contributed by atoms with van der Waals surface area (Å²) in [5.41, 5.74) is -1.26. The Morgan fingerprint density at radius 2 is 1.41 bits per heavy atom. The van der Waals surface area contributed by atoms with Crippen LogP contribution in [0.15, 0.2) is 24.3 Å². The fraction of sp³-hybridized carbons (Fsp3) is 0.742. The number of esters is 2. The van der Waals surface area contributed by atoms with Gasteiger partial charge in [0.2, 0.25) is 0 Å². The van der Waals surface area contributed by atoms with Gasteiger partial charge in [-0.15, -0.1) is 0 Å². The van der Waals surface area contributed by atoms with Gasteiger partial charge in [-0.3, -0.25) is 9.59 Å². The van der Waals surface area contributed by atoms with Crippen LogP contribution in [-0.2, 0) is 29.4 Å². The fourth-order valence-corrected chi connectivity index (χ4v) is 5.50. The molecule has 1 saturated heterocycles. The van der Waals surface area contributed by atoms with Crippen LogP contribution in [0.5, 0.6) is 0 Å². The van der Waals surface area contributed by atoms with Gasteiger partial charge in [-0.2, -0.15) is 13.2 Å². The number of alkyl halides is 3. The number of hydrogen-bond donors (Lipinski definition) is 0. The highest BCUT2D eigenvalue weighted by atomic mass is 19.4. The Bertz CT molecular complexity index is 895. The highest BCUT2D eigenvalue weighted by molar-refractivity contribution is 5.95. The molecular weight excluding hydrogens is 509 g/mol. The maximum absolute atomic E-state index is 13.4. The molecule has 0 spiro atoms. The SMILES string of the molecule is CC1C(=O)OC(=O)C1C.CC1C2CCC(C2)C1C.CCOCOC(C)(c1ccc(C(C)CC)cc1)C(F)(F)F. The summed E-state index contributed by atoms with van der Waals surface area (Å²) in [5, 5.41) is 0. The largest absolute Gasteiger partial charge is 0.421 e. The Morgan fingerprint density at radius 3 is 1.72 bits per heavy atom. The van der Waals surface area contributed by atoms with Gasteiger partial charge in [-0.25, -0.2) is 0 Å². The molecule has 8 unspecified atom stereocenters. The molecule has 5 nitrogen and oxygen atoms in total. The molecule has 3 aliphatic rings. The summed E-state index contributed by atoms with van der Waals surface area (Å²) in [6.07, 6.45) is 1.06. The Kier molecular flexibility index (Phi) is 12.0. The molecule has 8 heteroatoms. The van der Waals surface area contributed by atoms with Crippen molar-refractivity contribution in [3.8, 4) is 0 Å². The summed E-state index contributed by atoms with van der Waals surface area (Å²) in [7, 11) is 0. The lowest BCUT2D eigenvalue weighted by molar-refractivity contribution is -0.298. The number of ether oxygens (including phenoxy) is 3. The number of carbonyl (C=O) groups excluding carboxylic acids is 2. The average Bonchev–Trinajstić information content (AvgIpc) is 3.56. The van der Waals surface area contributed by atoms with E-state index in [1.807, 2.05) is 13.8 Å². The van der Waals surface area contributed by atoms with Crippen LogP contribution in [0.25, 0.3) is 0 Å². The van der Waals surface area contributed by atoms with Crippen LogP contribution in [0.3, 0.4) is 0 Å². The lowest BCUT2D eigenvalue weighted by Gasteiger charge is -2.32. The third kappa shape index (κ3) is 8.06. The summed E-state index contributed by atoms with van der Waals surface area (Å²) >= 11 is 0. The van der Waals surface area contributed by atoms with Crippen molar-refractivity contribution in [3.63, 3.8) is 0 Å². The Morgan fingerprint density at radius 1 is 0.923 bits per heavy atom. The molecular formula is C31H47F3O5. The van der Waals surface area contributed by atoms with E-state index in [2.05, 4.69) is 18.6 Å². The number of fused-ring (bicyclic) bond motifs is 2. The highest BCUT2D eigenvalue weighted by Crippen LogP contribution is 2.51. The van der Waals surface area contributed by atoms with Gasteiger partial charge in [0.15, 0.2) is 5.60 Å². The fourth-order valence-electron chi connectivity index (χ4n) is 5.50. The van der Waals surface area contributed by atoms with Crippen molar-refractivity contribution in [3.05, 3.63) is 35.4 Å². The minimum absolute atomic E-state index is 0.0850. The van der Waals surface area contributed by atoms with Crippen LogP contribution in [0.1, 0.15) is 98.1 Å². The predicted octanol–water partition coefficient (Wildman–Crippen LogP) is 8.02. The summed E-state index contributed by atoms with van der Waals surface area (Å²) in [4.78, 5) is 21.1. The highest BCUT2D eigenvalue weighted by Gasteiger charge is 2.54. The number of hydrogen-bond acceptors (Lipinski definition) is 5. The second kappa shape index (κ2) is 14.1. The normalized spacial score (nSPS) is 30.0. The first-order valence-electron chi connectivity index (χ1n) is 14.3. The Labute approximate surface area is 232 Å². The number of rotatable bonds is 7.